The summed E-state index contributed by atoms with van der Waals surface area (Å²) in [5.41, 5.74) is 3.09. The summed E-state index contributed by atoms with van der Waals surface area (Å²) in [5.74, 6) is 0.498. The van der Waals surface area contributed by atoms with Gasteiger partial charge in [-0.1, -0.05) is 12.1 Å². The fraction of sp³-hybridized carbons (Fsp3) is 0.182. The number of carbonyl (C=O) groups is 1. The molecule has 1 amide bonds. The van der Waals surface area contributed by atoms with Gasteiger partial charge in [0.1, 0.15) is 16.5 Å². The summed E-state index contributed by atoms with van der Waals surface area (Å²) in [6, 6.07) is 15.5. The second-order valence-electron chi connectivity index (χ2n) is 6.47. The van der Waals surface area contributed by atoms with Crippen LogP contribution >= 0.6 is 11.3 Å². The van der Waals surface area contributed by atoms with Gasteiger partial charge in [0, 0.05) is 41.8 Å². The van der Waals surface area contributed by atoms with Gasteiger partial charge in [-0.05, 0) is 36.4 Å². The molecule has 0 fully saturated rings. The van der Waals surface area contributed by atoms with Gasteiger partial charge in [-0.15, -0.1) is 11.3 Å². The molecule has 1 N–H and O–H groups in total. The number of methoxy groups -OCH3 is 2. The van der Waals surface area contributed by atoms with Crippen molar-refractivity contribution in [1.82, 2.24) is 9.55 Å². The van der Waals surface area contributed by atoms with Gasteiger partial charge in [0.25, 0.3) is 5.91 Å². The van der Waals surface area contributed by atoms with Gasteiger partial charge in [0.15, 0.2) is 0 Å². The topological polar surface area (TPSA) is 65.4 Å². The van der Waals surface area contributed by atoms with Crippen molar-refractivity contribution < 1.29 is 14.3 Å². The van der Waals surface area contributed by atoms with Crippen molar-refractivity contribution in [3.05, 3.63) is 65.8 Å². The lowest BCUT2D eigenvalue weighted by Gasteiger charge is -2.07. The van der Waals surface area contributed by atoms with Gasteiger partial charge >= 0.3 is 0 Å². The maximum absolute atomic E-state index is 12.7. The van der Waals surface area contributed by atoms with Gasteiger partial charge in [-0.25, -0.2) is 4.98 Å². The van der Waals surface area contributed by atoms with E-state index in [-0.39, 0.29) is 5.91 Å². The van der Waals surface area contributed by atoms with Crippen LogP contribution in [0.25, 0.3) is 21.5 Å². The van der Waals surface area contributed by atoms with Crippen molar-refractivity contribution >= 4 is 33.8 Å². The van der Waals surface area contributed by atoms with Crippen LogP contribution in [0.4, 0.5) is 5.69 Å². The SMILES string of the molecule is COCCn1ccc2cc(NC(=O)c3csc(-c4ccccc4OC)n3)ccc21. The minimum atomic E-state index is -0.236. The van der Waals surface area contributed by atoms with Crippen molar-refractivity contribution in [3.8, 4) is 16.3 Å². The molecule has 4 rings (SSSR count). The van der Waals surface area contributed by atoms with E-state index in [0.717, 1.165) is 39.5 Å². The molecule has 0 saturated heterocycles. The maximum Gasteiger partial charge on any atom is 0.275 e. The molecular weight excluding hydrogens is 386 g/mol. The molecule has 2 heterocycles. The van der Waals surface area contributed by atoms with E-state index >= 15 is 0 Å². The Morgan fingerprint density at radius 1 is 1.17 bits per heavy atom. The summed E-state index contributed by atoms with van der Waals surface area (Å²) in [6.45, 7) is 1.44. The second-order valence-corrected chi connectivity index (χ2v) is 7.33. The fourth-order valence-corrected chi connectivity index (χ4v) is 4.01. The lowest BCUT2D eigenvalue weighted by molar-refractivity contribution is 0.102. The molecule has 0 atom stereocenters. The van der Waals surface area contributed by atoms with Gasteiger partial charge < -0.3 is 19.4 Å². The molecule has 0 aliphatic rings. The number of ether oxygens (including phenoxy) is 2. The molecule has 29 heavy (non-hydrogen) atoms. The number of hydrogen-bond donors (Lipinski definition) is 1. The average Bonchev–Trinajstić information content (AvgIpc) is 3.39. The molecule has 0 bridgehead atoms. The highest BCUT2D eigenvalue weighted by Crippen LogP contribution is 2.32. The van der Waals surface area contributed by atoms with Crippen molar-refractivity contribution in [2.45, 2.75) is 6.54 Å². The van der Waals surface area contributed by atoms with E-state index in [1.807, 2.05) is 54.7 Å². The van der Waals surface area contributed by atoms with E-state index in [4.69, 9.17) is 9.47 Å². The number of fused-ring (bicyclic) bond motifs is 1. The first-order valence-electron chi connectivity index (χ1n) is 9.17. The van der Waals surface area contributed by atoms with E-state index in [1.165, 1.54) is 11.3 Å². The average molecular weight is 407 g/mol. The van der Waals surface area contributed by atoms with Crippen LogP contribution in [0.1, 0.15) is 10.5 Å². The van der Waals surface area contributed by atoms with Gasteiger partial charge in [-0.3, -0.25) is 4.79 Å². The number of benzene rings is 2. The monoisotopic (exact) mass is 407 g/mol. The summed E-state index contributed by atoms with van der Waals surface area (Å²) in [5, 5.41) is 6.51. The van der Waals surface area contributed by atoms with Gasteiger partial charge in [0.2, 0.25) is 0 Å². The quantitative estimate of drug-likeness (QED) is 0.483. The summed E-state index contributed by atoms with van der Waals surface area (Å²) in [6.07, 6.45) is 2.02. The predicted molar refractivity (Wildman–Crippen MR) is 116 cm³/mol. The summed E-state index contributed by atoms with van der Waals surface area (Å²) in [4.78, 5) is 17.2. The number of para-hydroxylation sites is 1. The first-order valence-corrected chi connectivity index (χ1v) is 10.1. The largest absolute Gasteiger partial charge is 0.496 e. The number of amides is 1. The molecule has 0 aliphatic heterocycles. The smallest absolute Gasteiger partial charge is 0.275 e. The molecule has 7 heteroatoms. The number of thiazole rings is 1. The first kappa shape index (κ1) is 19.2. The molecule has 6 nitrogen and oxygen atoms in total. The molecule has 2 aromatic heterocycles. The van der Waals surface area contributed by atoms with Crippen LogP contribution in [-0.4, -0.2) is 36.3 Å². The lowest BCUT2D eigenvalue weighted by Crippen LogP contribution is -2.12. The van der Waals surface area contributed by atoms with Crippen LogP contribution in [0.15, 0.2) is 60.1 Å². The number of carbonyl (C=O) groups excluding carboxylic acids is 1. The zero-order chi connectivity index (χ0) is 20.2. The number of anilines is 1. The van der Waals surface area contributed by atoms with E-state index in [0.29, 0.717) is 12.3 Å². The van der Waals surface area contributed by atoms with Crippen molar-refractivity contribution in [2.75, 3.05) is 26.1 Å². The Kier molecular flexibility index (Phi) is 5.59. The molecule has 0 radical (unpaired) electrons. The number of rotatable bonds is 7. The zero-order valence-corrected chi connectivity index (χ0v) is 17.0. The first-order chi connectivity index (χ1) is 14.2. The fourth-order valence-electron chi connectivity index (χ4n) is 3.18. The van der Waals surface area contributed by atoms with Crippen molar-refractivity contribution in [1.29, 1.82) is 0 Å². The van der Waals surface area contributed by atoms with Crippen LogP contribution < -0.4 is 10.1 Å². The van der Waals surface area contributed by atoms with Crippen LogP contribution in [0.5, 0.6) is 5.75 Å². The van der Waals surface area contributed by atoms with Crippen LogP contribution in [-0.2, 0) is 11.3 Å². The highest BCUT2D eigenvalue weighted by Gasteiger charge is 2.15. The van der Waals surface area contributed by atoms with Gasteiger partial charge in [-0.2, -0.15) is 0 Å². The Bertz CT molecular complexity index is 1150. The molecular formula is C22H21N3O3S. The Hall–Kier alpha value is -3.16. The molecule has 0 spiro atoms. The Morgan fingerprint density at radius 3 is 2.86 bits per heavy atom. The summed E-state index contributed by atoms with van der Waals surface area (Å²) in [7, 11) is 3.32. The zero-order valence-electron chi connectivity index (χ0n) is 16.2. The normalized spacial score (nSPS) is 11.0. The third kappa shape index (κ3) is 4.01. The summed E-state index contributed by atoms with van der Waals surface area (Å²) < 4.78 is 12.7. The second kappa shape index (κ2) is 8.46. The van der Waals surface area contributed by atoms with E-state index in [1.54, 1.807) is 19.6 Å². The van der Waals surface area contributed by atoms with E-state index < -0.39 is 0 Å². The Balaban J connectivity index is 1.52. The lowest BCUT2D eigenvalue weighted by atomic mass is 10.2. The molecule has 2 aromatic carbocycles. The van der Waals surface area contributed by atoms with Crippen LogP contribution in [0, 0.1) is 0 Å². The van der Waals surface area contributed by atoms with E-state index in [9.17, 15) is 4.79 Å². The highest BCUT2D eigenvalue weighted by atomic mass is 32.1. The number of hydrogen-bond acceptors (Lipinski definition) is 5. The van der Waals surface area contributed by atoms with Gasteiger partial charge in [0.05, 0.1) is 19.3 Å². The summed E-state index contributed by atoms with van der Waals surface area (Å²) >= 11 is 1.42. The van der Waals surface area contributed by atoms with Crippen LogP contribution in [0.3, 0.4) is 0 Å². The third-order valence-electron chi connectivity index (χ3n) is 4.64. The van der Waals surface area contributed by atoms with Crippen LogP contribution in [0.2, 0.25) is 0 Å². The third-order valence-corrected chi connectivity index (χ3v) is 5.51. The predicted octanol–water partition coefficient (Wildman–Crippen LogP) is 4.67. The number of nitrogens with one attached hydrogen (secondary N) is 1. The minimum Gasteiger partial charge on any atom is -0.496 e. The standard InChI is InChI=1S/C22H21N3O3S/c1-27-12-11-25-10-9-15-13-16(7-8-19(15)25)23-21(26)18-14-29-22(24-18)17-5-3-4-6-20(17)28-2/h3-10,13-14H,11-12H2,1-2H3,(H,23,26). The maximum atomic E-state index is 12.7. The Morgan fingerprint density at radius 2 is 2.03 bits per heavy atom. The minimum absolute atomic E-state index is 0.236. The molecule has 148 valence electrons. The van der Waals surface area contributed by atoms with Crippen molar-refractivity contribution in [3.63, 3.8) is 0 Å². The highest BCUT2D eigenvalue weighted by molar-refractivity contribution is 7.13. The molecule has 0 saturated carbocycles. The molecule has 0 aliphatic carbocycles. The Labute approximate surface area is 172 Å². The van der Waals surface area contributed by atoms with E-state index in [2.05, 4.69) is 14.9 Å². The molecule has 4 aromatic rings. The number of nitrogens with zero attached hydrogens (tertiary/aromatic N) is 2. The van der Waals surface area contributed by atoms with Crippen molar-refractivity contribution in [2.24, 2.45) is 0 Å². The number of aromatic nitrogens is 2. The molecule has 0 unspecified atom stereocenters.